The van der Waals surface area contributed by atoms with Gasteiger partial charge in [0.05, 0.1) is 29.3 Å². The monoisotopic (exact) mass is 511 g/mol. The van der Waals surface area contributed by atoms with Crippen molar-refractivity contribution in [1.29, 1.82) is 0 Å². The Labute approximate surface area is 201 Å². The summed E-state index contributed by atoms with van der Waals surface area (Å²) in [5.74, 6) is -0.239. The lowest BCUT2D eigenvalue weighted by atomic mass is 10.1. The molecule has 33 heavy (non-hydrogen) atoms. The Hall–Kier alpha value is -2.56. The van der Waals surface area contributed by atoms with Crippen molar-refractivity contribution in [3.63, 3.8) is 0 Å². The highest BCUT2D eigenvalue weighted by Gasteiger charge is 2.33. The number of hydrogen-bond acceptors (Lipinski definition) is 6. The fourth-order valence-corrected chi connectivity index (χ4v) is 6.13. The average Bonchev–Trinajstić information content (AvgIpc) is 3.05. The van der Waals surface area contributed by atoms with Crippen molar-refractivity contribution in [2.45, 2.75) is 39.3 Å². The molecule has 2 aromatic carbocycles. The highest BCUT2D eigenvalue weighted by Crippen LogP contribution is 2.35. The molecule has 0 radical (unpaired) electrons. The summed E-state index contributed by atoms with van der Waals surface area (Å²) < 4.78 is 34.3. The predicted octanol–water partition coefficient (Wildman–Crippen LogP) is 4.49. The fourth-order valence-electron chi connectivity index (χ4n) is 3.70. The van der Waals surface area contributed by atoms with Crippen molar-refractivity contribution in [2.75, 3.05) is 23.0 Å². The number of fused-ring (bicyclic) bond motifs is 1. The van der Waals surface area contributed by atoms with E-state index in [4.69, 9.17) is 16.3 Å². The molecule has 1 N–H and O–H groups in total. The molecule has 1 atom stereocenters. The molecular weight excluding hydrogens is 486 g/mol. The van der Waals surface area contributed by atoms with Crippen LogP contribution in [0.3, 0.4) is 0 Å². The Morgan fingerprint density at radius 3 is 2.52 bits per heavy atom. The molecule has 0 aliphatic rings. The number of benzene rings is 2. The van der Waals surface area contributed by atoms with E-state index in [9.17, 15) is 18.0 Å². The van der Waals surface area contributed by atoms with Gasteiger partial charge in [-0.15, -0.1) is 0 Å². The van der Waals surface area contributed by atoms with Gasteiger partial charge in [-0.3, -0.25) is 18.5 Å². The molecule has 0 aliphatic carbocycles. The van der Waals surface area contributed by atoms with Crippen molar-refractivity contribution in [3.8, 4) is 5.75 Å². The maximum Gasteiger partial charge on any atom is 0.308 e. The van der Waals surface area contributed by atoms with Gasteiger partial charge < -0.3 is 10.1 Å². The number of aromatic nitrogens is 1. The number of amides is 1. The van der Waals surface area contributed by atoms with E-state index in [1.165, 1.54) is 13.2 Å². The first-order chi connectivity index (χ1) is 15.5. The number of nitrogens with one attached hydrogen (secondary N) is 1. The van der Waals surface area contributed by atoms with Crippen LogP contribution in [-0.2, 0) is 14.8 Å². The summed E-state index contributed by atoms with van der Waals surface area (Å²) in [6, 6.07) is 8.73. The van der Waals surface area contributed by atoms with E-state index < -0.39 is 22.0 Å². The van der Waals surface area contributed by atoms with Gasteiger partial charge in [-0.25, -0.2) is 8.42 Å². The zero-order valence-corrected chi connectivity index (χ0v) is 21.3. The lowest BCUT2D eigenvalue weighted by molar-refractivity contribution is -0.117. The van der Waals surface area contributed by atoms with Crippen LogP contribution in [0.15, 0.2) is 41.2 Å². The lowest BCUT2D eigenvalue weighted by Gasteiger charge is -2.31. The molecule has 0 fully saturated rings. The van der Waals surface area contributed by atoms with Crippen molar-refractivity contribution >= 4 is 60.5 Å². The first-order valence-electron chi connectivity index (χ1n) is 10.3. The second kappa shape index (κ2) is 9.74. The van der Waals surface area contributed by atoms with Crippen LogP contribution in [-0.4, -0.2) is 38.3 Å². The van der Waals surface area contributed by atoms with Crippen LogP contribution >= 0.6 is 22.9 Å². The molecule has 8 nitrogen and oxygen atoms in total. The average molecular weight is 512 g/mol. The summed E-state index contributed by atoms with van der Waals surface area (Å²) in [5, 5.41) is 3.10. The van der Waals surface area contributed by atoms with E-state index in [0.29, 0.717) is 10.7 Å². The fraction of sp³-hybridized carbons (Fsp3) is 0.364. The summed E-state index contributed by atoms with van der Waals surface area (Å²) in [6.07, 6.45) is 1.23. The zero-order chi connectivity index (χ0) is 24.5. The lowest BCUT2D eigenvalue weighted by Crippen LogP contribution is -2.47. The molecule has 0 saturated carbocycles. The Balaban J connectivity index is 2.00. The van der Waals surface area contributed by atoms with Gasteiger partial charge in [0.15, 0.2) is 0 Å². The number of methoxy groups -OCH3 is 1. The second-order valence-electron chi connectivity index (χ2n) is 7.80. The molecule has 0 unspecified atom stereocenters. The Morgan fingerprint density at radius 1 is 1.24 bits per heavy atom. The largest absolute Gasteiger partial charge is 0.495 e. The summed E-state index contributed by atoms with van der Waals surface area (Å²) in [5.41, 5.74) is 1.43. The van der Waals surface area contributed by atoms with Gasteiger partial charge >= 0.3 is 4.87 Å². The number of carbonyl (C=O) groups excluding carboxylic acids is 1. The SMILES string of the molecule is CC[C@@H](C(=O)Nc1ccc2c(c1)sc(=O)n2C(C)C)N(c1cc(Cl)ccc1OC)S(C)(=O)=O. The molecule has 0 saturated heterocycles. The first-order valence-corrected chi connectivity index (χ1v) is 13.3. The van der Waals surface area contributed by atoms with Crippen LogP contribution in [0.4, 0.5) is 11.4 Å². The third-order valence-electron chi connectivity index (χ3n) is 5.11. The quantitative estimate of drug-likeness (QED) is 0.480. The van der Waals surface area contributed by atoms with Crippen LogP contribution in [0, 0.1) is 0 Å². The molecule has 11 heteroatoms. The maximum atomic E-state index is 13.3. The number of nitrogens with zero attached hydrogens (tertiary/aromatic N) is 2. The minimum absolute atomic E-state index is 0.00663. The van der Waals surface area contributed by atoms with Crippen LogP contribution in [0.2, 0.25) is 5.02 Å². The summed E-state index contributed by atoms with van der Waals surface area (Å²) in [4.78, 5) is 25.5. The van der Waals surface area contributed by atoms with E-state index in [0.717, 1.165) is 32.1 Å². The normalized spacial score (nSPS) is 12.7. The Morgan fingerprint density at radius 2 is 1.94 bits per heavy atom. The molecular formula is C22H26ClN3O5S2. The zero-order valence-electron chi connectivity index (χ0n) is 19.0. The Bertz CT molecular complexity index is 1350. The van der Waals surface area contributed by atoms with Gasteiger partial charge in [-0.1, -0.05) is 29.9 Å². The Kier molecular flexibility index (Phi) is 7.40. The van der Waals surface area contributed by atoms with E-state index in [2.05, 4.69) is 5.32 Å². The van der Waals surface area contributed by atoms with Gasteiger partial charge in [0.2, 0.25) is 15.9 Å². The molecule has 0 aliphatic heterocycles. The number of carbonyl (C=O) groups is 1. The van der Waals surface area contributed by atoms with E-state index in [-0.39, 0.29) is 28.8 Å². The number of sulfonamides is 1. The highest BCUT2D eigenvalue weighted by molar-refractivity contribution is 7.92. The van der Waals surface area contributed by atoms with Gasteiger partial charge in [0, 0.05) is 16.8 Å². The number of anilines is 2. The number of rotatable bonds is 8. The van der Waals surface area contributed by atoms with Crippen molar-refractivity contribution < 1.29 is 17.9 Å². The van der Waals surface area contributed by atoms with Crippen molar-refractivity contribution in [1.82, 2.24) is 4.57 Å². The number of halogens is 1. The van der Waals surface area contributed by atoms with E-state index in [1.54, 1.807) is 41.8 Å². The molecule has 3 rings (SSSR count). The summed E-state index contributed by atoms with van der Waals surface area (Å²) in [7, 11) is -2.46. The standard InChI is InChI=1S/C22H26ClN3O5S2/c1-6-16(26(33(5,29)30)18-11-14(23)7-10-19(18)31-4)21(27)24-15-8-9-17-20(12-15)32-22(28)25(17)13(2)3/h7-13,16H,6H2,1-5H3,(H,24,27)/t16-/m0/s1. The predicted molar refractivity (Wildman–Crippen MR) is 135 cm³/mol. The van der Waals surface area contributed by atoms with Crippen molar-refractivity contribution in [3.05, 3.63) is 51.1 Å². The van der Waals surface area contributed by atoms with E-state index >= 15 is 0 Å². The first kappa shape index (κ1) is 25.1. The maximum absolute atomic E-state index is 13.3. The van der Waals surface area contributed by atoms with Crippen molar-refractivity contribution in [2.24, 2.45) is 0 Å². The molecule has 1 amide bonds. The summed E-state index contributed by atoms with van der Waals surface area (Å²) >= 11 is 7.21. The second-order valence-corrected chi connectivity index (χ2v) is 11.1. The molecule has 0 spiro atoms. The van der Waals surface area contributed by atoms with Gasteiger partial charge in [-0.05, 0) is 56.7 Å². The minimum atomic E-state index is -3.87. The number of hydrogen-bond donors (Lipinski definition) is 1. The number of thiazole rings is 1. The molecule has 1 heterocycles. The smallest absolute Gasteiger partial charge is 0.308 e. The molecule has 178 valence electrons. The third kappa shape index (κ3) is 5.18. The van der Waals surface area contributed by atoms with Crippen LogP contribution in [0.5, 0.6) is 5.75 Å². The molecule has 1 aromatic heterocycles. The van der Waals surface area contributed by atoms with Crippen LogP contribution < -0.4 is 19.2 Å². The summed E-state index contributed by atoms with van der Waals surface area (Å²) in [6.45, 7) is 5.58. The molecule has 3 aromatic rings. The van der Waals surface area contributed by atoms with Crippen LogP contribution in [0.1, 0.15) is 33.2 Å². The van der Waals surface area contributed by atoms with Crippen LogP contribution in [0.25, 0.3) is 10.2 Å². The minimum Gasteiger partial charge on any atom is -0.495 e. The number of ether oxygens (including phenoxy) is 1. The molecule has 0 bridgehead atoms. The topological polar surface area (TPSA) is 97.7 Å². The van der Waals surface area contributed by atoms with Gasteiger partial charge in [-0.2, -0.15) is 0 Å². The highest BCUT2D eigenvalue weighted by atomic mass is 35.5. The van der Waals surface area contributed by atoms with Gasteiger partial charge in [0.1, 0.15) is 11.8 Å². The third-order valence-corrected chi connectivity index (χ3v) is 7.42. The van der Waals surface area contributed by atoms with E-state index in [1.807, 2.05) is 13.8 Å². The van der Waals surface area contributed by atoms with Gasteiger partial charge in [0.25, 0.3) is 0 Å².